The van der Waals surface area contributed by atoms with Crippen LogP contribution in [0.25, 0.3) is 11.1 Å². The lowest BCUT2D eigenvalue weighted by atomic mass is 9.84. The fraction of sp³-hybridized carbons (Fsp3) is 0.294. The lowest BCUT2D eigenvalue weighted by molar-refractivity contribution is 0.476. The molecule has 0 heterocycles. The van der Waals surface area contributed by atoms with Crippen molar-refractivity contribution in [3.8, 4) is 16.9 Å². The van der Waals surface area contributed by atoms with Crippen molar-refractivity contribution in [2.75, 3.05) is 7.05 Å². The molecule has 0 aliphatic carbocycles. The second-order valence-electron chi connectivity index (χ2n) is 6.04. The molecule has 0 radical (unpaired) electrons. The van der Waals surface area contributed by atoms with Gasteiger partial charge in [-0.3, -0.25) is 0 Å². The summed E-state index contributed by atoms with van der Waals surface area (Å²) in [6.07, 6.45) is 0. The zero-order valence-corrected chi connectivity index (χ0v) is 13.7. The summed E-state index contributed by atoms with van der Waals surface area (Å²) in [7, 11) is 1.51. The van der Waals surface area contributed by atoms with Crippen molar-refractivity contribution in [2.45, 2.75) is 26.2 Å². The van der Waals surface area contributed by atoms with Crippen LogP contribution in [0.2, 0.25) is 5.02 Å². The summed E-state index contributed by atoms with van der Waals surface area (Å²) in [5.41, 5.74) is 1.49. The number of hydrogen-bond acceptors (Lipinski definition) is 3. The average molecular weight is 321 g/mol. The van der Waals surface area contributed by atoms with Gasteiger partial charge in [-0.1, -0.05) is 38.4 Å². The van der Waals surface area contributed by atoms with Gasteiger partial charge in [-0.25, -0.2) is 4.39 Å². The third-order valence-electron chi connectivity index (χ3n) is 3.40. The molecule has 5 heteroatoms. The van der Waals surface area contributed by atoms with E-state index in [-0.39, 0.29) is 21.8 Å². The molecule has 0 aliphatic rings. The summed E-state index contributed by atoms with van der Waals surface area (Å²) in [4.78, 5) is 0. The van der Waals surface area contributed by atoms with Gasteiger partial charge in [0.15, 0.2) is 5.75 Å². The van der Waals surface area contributed by atoms with E-state index in [1.54, 1.807) is 18.2 Å². The summed E-state index contributed by atoms with van der Waals surface area (Å²) in [5.74, 6) is -0.626. The Morgan fingerprint density at radius 1 is 1.18 bits per heavy atom. The van der Waals surface area contributed by atoms with Crippen molar-refractivity contribution in [2.24, 2.45) is 10.2 Å². The molecule has 3 nitrogen and oxygen atoms in total. The van der Waals surface area contributed by atoms with Gasteiger partial charge in [0.25, 0.3) is 0 Å². The lowest BCUT2D eigenvalue weighted by Crippen LogP contribution is -2.11. The molecule has 0 saturated carbocycles. The van der Waals surface area contributed by atoms with Crippen molar-refractivity contribution in [1.82, 2.24) is 0 Å². The molecule has 116 valence electrons. The molecule has 0 spiro atoms. The molecule has 0 saturated heterocycles. The van der Waals surface area contributed by atoms with Gasteiger partial charge in [-0.15, -0.1) is 0 Å². The SMILES string of the molecule is CN=Nc1cc(C(C)(C)C)cc(-c2c(F)cccc2Cl)c1O. The number of rotatable bonds is 2. The van der Waals surface area contributed by atoms with Gasteiger partial charge in [0.1, 0.15) is 11.5 Å². The minimum atomic E-state index is -0.492. The zero-order valence-electron chi connectivity index (χ0n) is 13.0. The van der Waals surface area contributed by atoms with Crippen LogP contribution in [0.4, 0.5) is 10.1 Å². The topological polar surface area (TPSA) is 45.0 Å². The fourth-order valence-corrected chi connectivity index (χ4v) is 2.45. The van der Waals surface area contributed by atoms with Crippen LogP contribution in [0.15, 0.2) is 40.6 Å². The Balaban J connectivity index is 2.83. The van der Waals surface area contributed by atoms with E-state index in [9.17, 15) is 9.50 Å². The van der Waals surface area contributed by atoms with Crippen LogP contribution in [0.1, 0.15) is 26.3 Å². The average Bonchev–Trinajstić information content (AvgIpc) is 2.41. The van der Waals surface area contributed by atoms with Gasteiger partial charge in [0.2, 0.25) is 0 Å². The number of hydrogen-bond donors (Lipinski definition) is 1. The number of aromatic hydroxyl groups is 1. The van der Waals surface area contributed by atoms with Crippen molar-refractivity contribution < 1.29 is 9.50 Å². The van der Waals surface area contributed by atoms with Crippen LogP contribution in [-0.2, 0) is 5.41 Å². The molecular weight excluding hydrogens is 303 g/mol. The lowest BCUT2D eigenvalue weighted by Gasteiger charge is -2.21. The Morgan fingerprint density at radius 2 is 1.86 bits per heavy atom. The third kappa shape index (κ3) is 3.12. The normalized spacial score (nSPS) is 12.1. The first-order valence-electron chi connectivity index (χ1n) is 6.87. The van der Waals surface area contributed by atoms with Crippen LogP contribution >= 0.6 is 11.6 Å². The smallest absolute Gasteiger partial charge is 0.151 e. The highest BCUT2D eigenvalue weighted by Gasteiger charge is 2.22. The summed E-state index contributed by atoms with van der Waals surface area (Å²) >= 11 is 6.13. The maximum Gasteiger partial charge on any atom is 0.151 e. The highest BCUT2D eigenvalue weighted by atomic mass is 35.5. The molecule has 0 atom stereocenters. The minimum Gasteiger partial charge on any atom is -0.505 e. The van der Waals surface area contributed by atoms with E-state index >= 15 is 0 Å². The minimum absolute atomic E-state index is 0.134. The second-order valence-corrected chi connectivity index (χ2v) is 6.45. The quantitative estimate of drug-likeness (QED) is 0.692. The number of halogens is 2. The van der Waals surface area contributed by atoms with E-state index in [2.05, 4.69) is 10.2 Å². The molecule has 0 fully saturated rings. The highest BCUT2D eigenvalue weighted by Crippen LogP contribution is 2.44. The van der Waals surface area contributed by atoms with Crippen LogP contribution in [0.3, 0.4) is 0 Å². The van der Waals surface area contributed by atoms with Crippen LogP contribution in [-0.4, -0.2) is 12.2 Å². The predicted molar refractivity (Wildman–Crippen MR) is 87.7 cm³/mol. The molecule has 0 aromatic heterocycles. The van der Waals surface area contributed by atoms with Crippen LogP contribution < -0.4 is 0 Å². The van der Waals surface area contributed by atoms with E-state index in [1.807, 2.05) is 20.8 Å². The van der Waals surface area contributed by atoms with Crippen molar-refractivity contribution in [3.05, 3.63) is 46.7 Å². The predicted octanol–water partition coefficient (Wildman–Crippen LogP) is 5.86. The fourth-order valence-electron chi connectivity index (χ4n) is 2.18. The van der Waals surface area contributed by atoms with E-state index < -0.39 is 5.82 Å². The molecule has 0 amide bonds. The van der Waals surface area contributed by atoms with Crippen LogP contribution in [0.5, 0.6) is 5.75 Å². The first-order valence-corrected chi connectivity index (χ1v) is 7.25. The van der Waals surface area contributed by atoms with E-state index in [4.69, 9.17) is 11.6 Å². The Bertz CT molecular complexity index is 716. The first-order chi connectivity index (χ1) is 10.3. The van der Waals surface area contributed by atoms with Gasteiger partial charge in [0.05, 0.1) is 5.02 Å². The molecule has 2 aromatic carbocycles. The maximum atomic E-state index is 14.2. The Labute approximate surface area is 134 Å². The summed E-state index contributed by atoms with van der Waals surface area (Å²) in [5, 5.41) is 18.3. The summed E-state index contributed by atoms with van der Waals surface area (Å²) < 4.78 is 14.2. The largest absolute Gasteiger partial charge is 0.505 e. The van der Waals surface area contributed by atoms with E-state index in [0.29, 0.717) is 11.3 Å². The number of phenols is 1. The number of azo groups is 1. The van der Waals surface area contributed by atoms with Gasteiger partial charge in [-0.2, -0.15) is 10.2 Å². The third-order valence-corrected chi connectivity index (χ3v) is 3.71. The van der Waals surface area contributed by atoms with Crippen LogP contribution in [0, 0.1) is 5.82 Å². The van der Waals surface area contributed by atoms with Crippen molar-refractivity contribution in [1.29, 1.82) is 0 Å². The first kappa shape index (κ1) is 16.4. The summed E-state index contributed by atoms with van der Waals surface area (Å²) in [6, 6.07) is 7.92. The van der Waals surface area contributed by atoms with Crippen molar-refractivity contribution >= 4 is 17.3 Å². The number of phenolic OH excluding ortho intramolecular Hbond substituents is 1. The summed E-state index contributed by atoms with van der Waals surface area (Å²) in [6.45, 7) is 6.08. The molecule has 0 unspecified atom stereocenters. The monoisotopic (exact) mass is 320 g/mol. The molecule has 0 bridgehead atoms. The number of benzene rings is 2. The standard InChI is InChI=1S/C17H18ClFN2O/c1-17(2,3)10-8-11(16(22)14(9-10)21-20-4)15-12(18)6-5-7-13(15)19/h5-9,22H,1-4H3. The maximum absolute atomic E-state index is 14.2. The molecule has 0 aliphatic heterocycles. The Kier molecular flexibility index (Phi) is 4.52. The van der Waals surface area contributed by atoms with Gasteiger partial charge >= 0.3 is 0 Å². The van der Waals surface area contributed by atoms with E-state index in [1.165, 1.54) is 19.2 Å². The van der Waals surface area contributed by atoms with Gasteiger partial charge in [-0.05, 0) is 35.2 Å². The van der Waals surface area contributed by atoms with Crippen molar-refractivity contribution in [3.63, 3.8) is 0 Å². The van der Waals surface area contributed by atoms with Gasteiger partial charge < -0.3 is 5.11 Å². The second kappa shape index (κ2) is 6.05. The molecule has 1 N–H and O–H groups in total. The zero-order chi connectivity index (χ0) is 16.5. The Hall–Kier alpha value is -1.94. The Morgan fingerprint density at radius 3 is 2.41 bits per heavy atom. The highest BCUT2D eigenvalue weighted by molar-refractivity contribution is 6.33. The molecule has 22 heavy (non-hydrogen) atoms. The van der Waals surface area contributed by atoms with E-state index in [0.717, 1.165) is 5.56 Å². The van der Waals surface area contributed by atoms with Gasteiger partial charge in [0, 0.05) is 18.2 Å². The molecule has 2 aromatic rings. The number of nitrogens with zero attached hydrogens (tertiary/aromatic N) is 2. The molecular formula is C17H18ClFN2O. The molecule has 2 rings (SSSR count).